The fraction of sp³-hybridized carbons (Fsp3) is 0.588. The summed E-state index contributed by atoms with van der Waals surface area (Å²) in [6.07, 6.45) is -3.14. The molecule has 1 rings (SSSR count). The average Bonchev–Trinajstić information content (AvgIpc) is 2.51. The Hall–Kier alpha value is -1.61. The summed E-state index contributed by atoms with van der Waals surface area (Å²) < 4.78 is 62.7. The monoisotopic (exact) mass is 394 g/mol. The number of hydrogen-bond acceptors (Lipinski definition) is 3. The van der Waals surface area contributed by atoms with E-state index in [0.29, 0.717) is 18.4 Å². The molecule has 5 nitrogen and oxygen atoms in total. The molecule has 0 aliphatic carbocycles. The summed E-state index contributed by atoms with van der Waals surface area (Å²) in [5.41, 5.74) is -0.158. The molecule has 0 aromatic heterocycles. The van der Waals surface area contributed by atoms with Crippen molar-refractivity contribution >= 4 is 15.9 Å². The molecule has 0 spiro atoms. The highest BCUT2D eigenvalue weighted by atomic mass is 32.2. The normalized spacial score (nSPS) is 12.8. The van der Waals surface area contributed by atoms with E-state index in [-0.39, 0.29) is 25.4 Å². The zero-order chi connectivity index (χ0) is 20.0. The standard InChI is InChI=1S/C17H25F3N2O3S/c1-16(2,3)26(24,25)22-11-5-4-6-15(23)21-12-13-7-9-14(10-8-13)17(18,19)20/h7-10,22H,4-6,11-12H2,1-3H3,(H,21,23). The SMILES string of the molecule is CC(C)(C)S(=O)(=O)NCCCCC(=O)NCc1ccc(C(F)(F)F)cc1. The zero-order valence-electron chi connectivity index (χ0n) is 15.1. The smallest absolute Gasteiger partial charge is 0.352 e. The van der Waals surface area contributed by atoms with Crippen molar-refractivity contribution in [2.45, 2.75) is 57.5 Å². The number of sulfonamides is 1. The van der Waals surface area contributed by atoms with Crippen LogP contribution in [0.5, 0.6) is 0 Å². The molecule has 1 aromatic carbocycles. The number of nitrogens with one attached hydrogen (secondary N) is 2. The molecule has 0 saturated heterocycles. The first kappa shape index (κ1) is 22.4. The first-order valence-electron chi connectivity index (χ1n) is 8.25. The molecule has 0 unspecified atom stereocenters. The van der Waals surface area contributed by atoms with Crippen LogP contribution < -0.4 is 10.0 Å². The lowest BCUT2D eigenvalue weighted by molar-refractivity contribution is -0.137. The largest absolute Gasteiger partial charge is 0.416 e. The second-order valence-electron chi connectivity index (χ2n) is 6.94. The van der Waals surface area contributed by atoms with Gasteiger partial charge in [0.1, 0.15) is 0 Å². The Morgan fingerprint density at radius 3 is 2.12 bits per heavy atom. The van der Waals surface area contributed by atoms with Crippen molar-refractivity contribution in [3.8, 4) is 0 Å². The minimum Gasteiger partial charge on any atom is -0.352 e. The third-order valence-corrected chi connectivity index (χ3v) is 5.90. The molecule has 0 bridgehead atoms. The number of amides is 1. The van der Waals surface area contributed by atoms with Gasteiger partial charge < -0.3 is 5.32 Å². The van der Waals surface area contributed by atoms with Crippen LogP contribution in [0.3, 0.4) is 0 Å². The Kier molecular flexibility index (Phi) is 7.64. The number of carbonyl (C=O) groups is 1. The van der Waals surface area contributed by atoms with Crippen LogP contribution in [0, 0.1) is 0 Å². The summed E-state index contributed by atoms with van der Waals surface area (Å²) in [5.74, 6) is -0.233. The van der Waals surface area contributed by atoms with Crippen molar-refractivity contribution in [2.24, 2.45) is 0 Å². The van der Waals surface area contributed by atoms with Gasteiger partial charge in [0.2, 0.25) is 15.9 Å². The molecule has 0 aliphatic rings. The van der Waals surface area contributed by atoms with Crippen molar-refractivity contribution in [3.05, 3.63) is 35.4 Å². The van der Waals surface area contributed by atoms with E-state index in [9.17, 15) is 26.4 Å². The van der Waals surface area contributed by atoms with Gasteiger partial charge in [-0.05, 0) is 51.3 Å². The van der Waals surface area contributed by atoms with Crippen molar-refractivity contribution < 1.29 is 26.4 Å². The van der Waals surface area contributed by atoms with E-state index in [0.717, 1.165) is 12.1 Å². The molecule has 0 heterocycles. The van der Waals surface area contributed by atoms with Gasteiger partial charge in [-0.1, -0.05) is 12.1 Å². The number of unbranched alkanes of at least 4 members (excludes halogenated alkanes) is 1. The van der Waals surface area contributed by atoms with E-state index >= 15 is 0 Å². The van der Waals surface area contributed by atoms with Crippen LogP contribution in [-0.2, 0) is 27.5 Å². The van der Waals surface area contributed by atoms with E-state index in [1.165, 1.54) is 12.1 Å². The lowest BCUT2D eigenvalue weighted by Crippen LogP contribution is -2.39. The third kappa shape index (κ3) is 7.33. The van der Waals surface area contributed by atoms with E-state index in [1.807, 2.05) is 0 Å². The molecule has 1 aromatic rings. The first-order chi connectivity index (χ1) is 11.8. The number of halogens is 3. The highest BCUT2D eigenvalue weighted by Crippen LogP contribution is 2.29. The highest BCUT2D eigenvalue weighted by molar-refractivity contribution is 7.90. The summed E-state index contributed by atoms with van der Waals surface area (Å²) in [4.78, 5) is 11.7. The molecule has 2 N–H and O–H groups in total. The Bertz CT molecular complexity index is 693. The summed E-state index contributed by atoms with van der Waals surface area (Å²) in [6.45, 7) is 5.21. The molecule has 1 amide bonds. The molecule has 0 atom stereocenters. The van der Waals surface area contributed by atoms with Crippen LogP contribution in [0.1, 0.15) is 51.2 Å². The van der Waals surface area contributed by atoms with Crippen molar-refractivity contribution in [1.82, 2.24) is 10.0 Å². The lowest BCUT2D eigenvalue weighted by atomic mass is 10.1. The van der Waals surface area contributed by atoms with Crippen LogP contribution in [-0.4, -0.2) is 25.6 Å². The average molecular weight is 394 g/mol. The molecular weight excluding hydrogens is 369 g/mol. The lowest BCUT2D eigenvalue weighted by Gasteiger charge is -2.19. The summed E-state index contributed by atoms with van der Waals surface area (Å²) in [5, 5.41) is 2.63. The third-order valence-electron chi connectivity index (χ3n) is 3.70. The van der Waals surface area contributed by atoms with Gasteiger partial charge in [0.25, 0.3) is 0 Å². The van der Waals surface area contributed by atoms with Crippen LogP contribution in [0.2, 0.25) is 0 Å². The van der Waals surface area contributed by atoms with Gasteiger partial charge in [-0.2, -0.15) is 13.2 Å². The molecule has 0 saturated carbocycles. The second kappa shape index (κ2) is 8.85. The van der Waals surface area contributed by atoms with Crippen LogP contribution in [0.15, 0.2) is 24.3 Å². The predicted molar refractivity (Wildman–Crippen MR) is 93.8 cm³/mol. The molecule has 9 heteroatoms. The maximum absolute atomic E-state index is 12.5. The van der Waals surface area contributed by atoms with Crippen molar-refractivity contribution in [1.29, 1.82) is 0 Å². The first-order valence-corrected chi connectivity index (χ1v) is 9.73. The zero-order valence-corrected chi connectivity index (χ0v) is 15.9. The van der Waals surface area contributed by atoms with Crippen molar-refractivity contribution in [3.63, 3.8) is 0 Å². The number of benzene rings is 1. The quantitative estimate of drug-likeness (QED) is 0.665. The van der Waals surface area contributed by atoms with Gasteiger partial charge in [-0.15, -0.1) is 0 Å². The van der Waals surface area contributed by atoms with E-state index < -0.39 is 26.5 Å². The molecule has 0 fully saturated rings. The molecule has 0 radical (unpaired) electrons. The Balaban J connectivity index is 2.27. The van der Waals surface area contributed by atoms with Crippen LogP contribution in [0.4, 0.5) is 13.2 Å². The Morgan fingerprint density at radius 2 is 1.62 bits per heavy atom. The van der Waals surface area contributed by atoms with Gasteiger partial charge in [0.15, 0.2) is 0 Å². The fourth-order valence-corrected chi connectivity index (χ4v) is 2.78. The van der Waals surface area contributed by atoms with Crippen LogP contribution >= 0.6 is 0 Å². The molecule has 148 valence electrons. The van der Waals surface area contributed by atoms with Gasteiger partial charge in [-0.25, -0.2) is 13.1 Å². The Labute approximate surface area is 152 Å². The maximum Gasteiger partial charge on any atom is 0.416 e. The van der Waals surface area contributed by atoms with Gasteiger partial charge >= 0.3 is 6.18 Å². The predicted octanol–water partition coefficient (Wildman–Crippen LogP) is 3.21. The highest BCUT2D eigenvalue weighted by Gasteiger charge is 2.30. The summed E-state index contributed by atoms with van der Waals surface area (Å²) in [6, 6.07) is 4.60. The second-order valence-corrected chi connectivity index (χ2v) is 9.46. The topological polar surface area (TPSA) is 75.3 Å². The van der Waals surface area contributed by atoms with E-state index in [4.69, 9.17) is 0 Å². The van der Waals surface area contributed by atoms with E-state index in [1.54, 1.807) is 20.8 Å². The molecular formula is C17H25F3N2O3S. The van der Waals surface area contributed by atoms with E-state index in [2.05, 4.69) is 10.0 Å². The molecule has 26 heavy (non-hydrogen) atoms. The Morgan fingerprint density at radius 1 is 1.04 bits per heavy atom. The number of hydrogen-bond donors (Lipinski definition) is 2. The van der Waals surface area contributed by atoms with Gasteiger partial charge in [0, 0.05) is 19.5 Å². The van der Waals surface area contributed by atoms with Crippen LogP contribution in [0.25, 0.3) is 0 Å². The number of carbonyl (C=O) groups excluding carboxylic acids is 1. The number of alkyl halides is 3. The minimum absolute atomic E-state index is 0.146. The number of rotatable bonds is 8. The van der Waals surface area contributed by atoms with Gasteiger partial charge in [-0.3, -0.25) is 4.79 Å². The summed E-state index contributed by atoms with van der Waals surface area (Å²) >= 11 is 0. The summed E-state index contributed by atoms with van der Waals surface area (Å²) in [7, 11) is -3.39. The van der Waals surface area contributed by atoms with Crippen molar-refractivity contribution in [2.75, 3.05) is 6.54 Å². The fourth-order valence-electron chi connectivity index (χ4n) is 1.93. The minimum atomic E-state index is -4.38. The maximum atomic E-state index is 12.5. The molecule has 0 aliphatic heterocycles. The van der Waals surface area contributed by atoms with Gasteiger partial charge in [0.05, 0.1) is 10.3 Å².